The molecule has 2 aromatic rings. The number of hydrogen-bond acceptors (Lipinski definition) is 4. The molecule has 6 heteroatoms. The van der Waals surface area contributed by atoms with Crippen LogP contribution in [-0.4, -0.2) is 26.9 Å². The first-order chi connectivity index (χ1) is 14.0. The highest BCUT2D eigenvalue weighted by atomic mass is 16.5. The van der Waals surface area contributed by atoms with Crippen LogP contribution in [0.1, 0.15) is 37.8 Å². The largest absolute Gasteiger partial charge is 0.493 e. The molecule has 2 N–H and O–H groups in total. The van der Waals surface area contributed by atoms with Gasteiger partial charge in [0.25, 0.3) is 0 Å². The Morgan fingerprint density at radius 2 is 1.83 bits per heavy atom. The highest BCUT2D eigenvalue weighted by Crippen LogP contribution is 2.30. The second kappa shape index (κ2) is 12.0. The third-order valence-electron chi connectivity index (χ3n) is 4.36. The first-order valence-electron chi connectivity index (χ1n) is 9.94. The summed E-state index contributed by atoms with van der Waals surface area (Å²) in [5, 5.41) is 5.71. The molecule has 0 aliphatic carbocycles. The second-order valence-electron chi connectivity index (χ2n) is 7.31. The van der Waals surface area contributed by atoms with E-state index in [-0.39, 0.29) is 6.03 Å². The molecule has 0 aliphatic rings. The van der Waals surface area contributed by atoms with E-state index in [0.717, 1.165) is 24.0 Å². The van der Waals surface area contributed by atoms with Crippen molar-refractivity contribution >= 4 is 11.7 Å². The van der Waals surface area contributed by atoms with E-state index in [4.69, 9.17) is 14.2 Å². The summed E-state index contributed by atoms with van der Waals surface area (Å²) in [5.74, 6) is 1.92. The number of methoxy groups -OCH3 is 2. The number of rotatable bonds is 11. The van der Waals surface area contributed by atoms with E-state index in [1.165, 1.54) is 0 Å². The normalized spacial score (nSPS) is 10.7. The molecule has 0 radical (unpaired) electrons. The first-order valence-corrected chi connectivity index (χ1v) is 9.94. The second-order valence-corrected chi connectivity index (χ2v) is 7.31. The van der Waals surface area contributed by atoms with E-state index in [0.29, 0.717) is 42.9 Å². The van der Waals surface area contributed by atoms with Crippen molar-refractivity contribution < 1.29 is 19.0 Å². The summed E-state index contributed by atoms with van der Waals surface area (Å²) in [6, 6.07) is 13.0. The number of urea groups is 1. The van der Waals surface area contributed by atoms with Gasteiger partial charge in [-0.05, 0) is 42.0 Å². The Morgan fingerprint density at radius 3 is 2.55 bits per heavy atom. The van der Waals surface area contributed by atoms with Crippen LogP contribution in [0.2, 0.25) is 0 Å². The van der Waals surface area contributed by atoms with Crippen LogP contribution in [0.5, 0.6) is 11.5 Å². The first kappa shape index (κ1) is 22.6. The van der Waals surface area contributed by atoms with Gasteiger partial charge in [0, 0.05) is 25.4 Å². The third-order valence-corrected chi connectivity index (χ3v) is 4.36. The molecule has 2 aromatic carbocycles. The minimum absolute atomic E-state index is 0.280. The highest BCUT2D eigenvalue weighted by molar-refractivity contribution is 5.89. The van der Waals surface area contributed by atoms with Crippen molar-refractivity contribution in [1.29, 1.82) is 0 Å². The molecule has 0 heterocycles. The van der Waals surface area contributed by atoms with Gasteiger partial charge in [0.1, 0.15) is 0 Å². The summed E-state index contributed by atoms with van der Waals surface area (Å²) in [7, 11) is 3.27. The number of nitrogens with one attached hydrogen (secondary N) is 2. The molecule has 29 heavy (non-hydrogen) atoms. The molecule has 2 rings (SSSR count). The van der Waals surface area contributed by atoms with Crippen LogP contribution in [0.15, 0.2) is 42.5 Å². The number of anilines is 1. The predicted octanol–water partition coefficient (Wildman–Crippen LogP) is 4.98. The zero-order valence-electron chi connectivity index (χ0n) is 17.8. The van der Waals surface area contributed by atoms with Crippen LogP contribution in [0, 0.1) is 5.92 Å². The van der Waals surface area contributed by atoms with Crippen LogP contribution in [0.25, 0.3) is 0 Å². The Balaban J connectivity index is 1.90. The maximum absolute atomic E-state index is 12.3. The van der Waals surface area contributed by atoms with Gasteiger partial charge in [-0.3, -0.25) is 0 Å². The lowest BCUT2D eigenvalue weighted by molar-refractivity contribution is 0.185. The smallest absolute Gasteiger partial charge is 0.319 e. The number of amides is 2. The van der Waals surface area contributed by atoms with E-state index in [1.54, 1.807) is 32.4 Å². The Labute approximate surface area is 173 Å². The van der Waals surface area contributed by atoms with Gasteiger partial charge in [0.15, 0.2) is 11.5 Å². The summed E-state index contributed by atoms with van der Waals surface area (Å²) in [4.78, 5) is 12.3. The lowest BCUT2D eigenvalue weighted by atomic mass is 10.1. The van der Waals surface area contributed by atoms with E-state index in [9.17, 15) is 4.79 Å². The Bertz CT molecular complexity index is 777. The number of ether oxygens (including phenoxy) is 3. The van der Waals surface area contributed by atoms with Crippen molar-refractivity contribution in [3.8, 4) is 11.5 Å². The van der Waals surface area contributed by atoms with Gasteiger partial charge in [0.2, 0.25) is 0 Å². The molecule has 0 unspecified atom stereocenters. The van der Waals surface area contributed by atoms with Gasteiger partial charge in [-0.1, -0.05) is 38.1 Å². The van der Waals surface area contributed by atoms with Crippen LogP contribution in [-0.2, 0) is 17.9 Å². The number of carbonyl (C=O) groups excluding carboxylic acids is 1. The van der Waals surface area contributed by atoms with E-state index >= 15 is 0 Å². The molecule has 0 bridgehead atoms. The lowest BCUT2D eigenvalue weighted by Gasteiger charge is -2.14. The van der Waals surface area contributed by atoms with Gasteiger partial charge >= 0.3 is 6.03 Å². The summed E-state index contributed by atoms with van der Waals surface area (Å²) in [5.41, 5.74) is 2.73. The maximum atomic E-state index is 12.3. The van der Waals surface area contributed by atoms with Gasteiger partial charge < -0.3 is 24.8 Å². The molecule has 0 spiro atoms. The van der Waals surface area contributed by atoms with Crippen LogP contribution < -0.4 is 20.1 Å². The standard InChI is InChI=1S/C23H32N2O4/c1-17(2)7-6-12-29-22-14-20(10-11-21(22)28-4)25-23(26)24-15-18-8-5-9-19(13-18)16-27-3/h5,8-11,13-14,17H,6-7,12,15-16H2,1-4H3,(H2,24,25,26). The number of benzene rings is 2. The average Bonchev–Trinajstić information content (AvgIpc) is 2.70. The summed E-state index contributed by atoms with van der Waals surface area (Å²) in [6.07, 6.45) is 2.08. The Morgan fingerprint density at radius 1 is 1.03 bits per heavy atom. The number of hydrogen-bond donors (Lipinski definition) is 2. The van der Waals surface area contributed by atoms with E-state index < -0.39 is 0 Å². The van der Waals surface area contributed by atoms with Gasteiger partial charge in [0.05, 0.1) is 20.3 Å². The average molecular weight is 401 g/mol. The summed E-state index contributed by atoms with van der Waals surface area (Å²) in [6.45, 7) is 5.97. The zero-order chi connectivity index (χ0) is 21.1. The molecule has 6 nitrogen and oxygen atoms in total. The topological polar surface area (TPSA) is 68.8 Å². The minimum atomic E-state index is -0.280. The molecule has 0 aliphatic heterocycles. The molecule has 2 amide bonds. The molecule has 0 saturated carbocycles. The van der Waals surface area contributed by atoms with Gasteiger partial charge in [-0.15, -0.1) is 0 Å². The predicted molar refractivity (Wildman–Crippen MR) is 116 cm³/mol. The molecule has 158 valence electrons. The third kappa shape index (κ3) is 8.03. The molecule has 0 fully saturated rings. The fraction of sp³-hybridized carbons (Fsp3) is 0.435. The highest BCUT2D eigenvalue weighted by Gasteiger charge is 2.09. The molecule has 0 aromatic heterocycles. The zero-order valence-corrected chi connectivity index (χ0v) is 17.8. The van der Waals surface area contributed by atoms with Crippen molar-refractivity contribution in [2.24, 2.45) is 5.92 Å². The number of carbonyl (C=O) groups is 1. The summed E-state index contributed by atoms with van der Waals surface area (Å²) >= 11 is 0. The SMILES string of the molecule is COCc1cccc(CNC(=O)Nc2ccc(OC)c(OCCCC(C)C)c2)c1. The van der Waals surface area contributed by atoms with Crippen molar-refractivity contribution in [3.05, 3.63) is 53.6 Å². The van der Waals surface area contributed by atoms with Crippen molar-refractivity contribution in [2.45, 2.75) is 39.8 Å². The molecular weight excluding hydrogens is 368 g/mol. The monoisotopic (exact) mass is 400 g/mol. The fourth-order valence-corrected chi connectivity index (χ4v) is 2.89. The lowest BCUT2D eigenvalue weighted by Crippen LogP contribution is -2.28. The van der Waals surface area contributed by atoms with Crippen LogP contribution >= 0.6 is 0 Å². The molecule has 0 atom stereocenters. The Hall–Kier alpha value is -2.73. The van der Waals surface area contributed by atoms with Crippen molar-refractivity contribution in [2.75, 3.05) is 26.1 Å². The molecule has 0 saturated heterocycles. The molecular formula is C23H32N2O4. The van der Waals surface area contributed by atoms with Gasteiger partial charge in [-0.25, -0.2) is 4.79 Å². The van der Waals surface area contributed by atoms with E-state index in [1.807, 2.05) is 24.3 Å². The quantitative estimate of drug-likeness (QED) is 0.522. The van der Waals surface area contributed by atoms with Gasteiger partial charge in [-0.2, -0.15) is 0 Å². The Kier molecular flexibility index (Phi) is 9.31. The summed E-state index contributed by atoms with van der Waals surface area (Å²) < 4.78 is 16.4. The fourth-order valence-electron chi connectivity index (χ4n) is 2.89. The van der Waals surface area contributed by atoms with E-state index in [2.05, 4.69) is 24.5 Å². The van der Waals surface area contributed by atoms with Crippen LogP contribution in [0.4, 0.5) is 10.5 Å². The maximum Gasteiger partial charge on any atom is 0.319 e. The minimum Gasteiger partial charge on any atom is -0.493 e. The van der Waals surface area contributed by atoms with Crippen molar-refractivity contribution in [1.82, 2.24) is 5.32 Å². The van der Waals surface area contributed by atoms with Crippen molar-refractivity contribution in [3.63, 3.8) is 0 Å². The van der Waals surface area contributed by atoms with Crippen LogP contribution in [0.3, 0.4) is 0 Å².